The predicted octanol–water partition coefficient (Wildman–Crippen LogP) is 5.92. The minimum atomic E-state index is -3.89. The molecule has 3 saturated carbocycles. The molecule has 3 aromatic rings. The molecule has 3 heterocycles. The van der Waals surface area contributed by atoms with Gasteiger partial charge < -0.3 is 24.6 Å². The van der Waals surface area contributed by atoms with Crippen molar-refractivity contribution < 1.29 is 37.1 Å². The van der Waals surface area contributed by atoms with Gasteiger partial charge in [0.25, 0.3) is 5.91 Å². The number of fused-ring (bicyclic) bond motifs is 1. The summed E-state index contributed by atoms with van der Waals surface area (Å²) >= 11 is 0. The lowest BCUT2D eigenvalue weighted by Crippen LogP contribution is -2.57. The SMILES string of the molecule is C=CC1C[C@]1(NC(=O)[C@@H]1C[C@@H](Oc2cc(-c3ccccc3)nc3cc(OC)ccc23)CN1C(=O)[C@H](CC(=O)N1CCCCC1)CC1CCCCC1)C(=O)NS(=O)(=O)C1CC1. The molecule has 8 rings (SSSR count). The summed E-state index contributed by atoms with van der Waals surface area (Å²) in [6.07, 6.45) is 11.0. The van der Waals surface area contributed by atoms with E-state index in [1.165, 1.54) is 0 Å². The number of piperidine rings is 1. The zero-order valence-electron chi connectivity index (χ0n) is 34.5. The highest BCUT2D eigenvalue weighted by atomic mass is 32.2. The number of methoxy groups -OCH3 is 1. The molecule has 3 aliphatic carbocycles. The van der Waals surface area contributed by atoms with Crippen molar-refractivity contribution in [3.05, 3.63) is 67.3 Å². The number of carbonyl (C=O) groups is 4. The van der Waals surface area contributed by atoms with Crippen LogP contribution < -0.4 is 19.5 Å². The summed E-state index contributed by atoms with van der Waals surface area (Å²) in [5, 5.41) is 3.01. The van der Waals surface area contributed by atoms with Crippen LogP contribution in [0.4, 0.5) is 0 Å². The van der Waals surface area contributed by atoms with E-state index in [1.807, 2.05) is 59.5 Å². The van der Waals surface area contributed by atoms with Crippen LogP contribution in [0.3, 0.4) is 0 Å². The van der Waals surface area contributed by atoms with Crippen LogP contribution >= 0.6 is 0 Å². The number of benzene rings is 2. The van der Waals surface area contributed by atoms with Gasteiger partial charge in [0.2, 0.25) is 27.7 Å². The Hall–Kier alpha value is -4.98. The molecule has 1 aromatic heterocycles. The molecule has 5 fully saturated rings. The fraction of sp³-hybridized carbons (Fsp3) is 0.543. The highest BCUT2D eigenvalue weighted by molar-refractivity contribution is 7.91. The van der Waals surface area contributed by atoms with Gasteiger partial charge in [-0.1, -0.05) is 68.5 Å². The number of pyridine rings is 1. The number of sulfonamides is 1. The maximum Gasteiger partial charge on any atom is 0.259 e. The lowest BCUT2D eigenvalue weighted by atomic mass is 9.81. The highest BCUT2D eigenvalue weighted by Gasteiger charge is 2.62. The van der Waals surface area contributed by atoms with Gasteiger partial charge in [0.05, 0.1) is 30.1 Å². The van der Waals surface area contributed by atoms with Gasteiger partial charge in [-0.25, -0.2) is 13.4 Å². The number of carbonyl (C=O) groups excluding carboxylic acids is 4. The molecule has 2 aromatic carbocycles. The fourth-order valence-electron chi connectivity index (χ4n) is 9.55. The van der Waals surface area contributed by atoms with E-state index >= 15 is 4.79 Å². The molecule has 0 spiro atoms. The third-order valence-electron chi connectivity index (χ3n) is 13.3. The van der Waals surface area contributed by atoms with E-state index < -0.39 is 56.6 Å². The molecule has 320 valence electrons. The van der Waals surface area contributed by atoms with E-state index in [-0.39, 0.29) is 37.6 Å². The molecule has 2 aliphatic heterocycles. The van der Waals surface area contributed by atoms with Gasteiger partial charge in [0, 0.05) is 60.8 Å². The van der Waals surface area contributed by atoms with Crippen molar-refractivity contribution in [1.82, 2.24) is 24.8 Å². The van der Waals surface area contributed by atoms with Gasteiger partial charge in [0.15, 0.2) is 0 Å². The largest absolute Gasteiger partial charge is 0.497 e. The second-order valence-corrected chi connectivity index (χ2v) is 19.5. The minimum Gasteiger partial charge on any atom is -0.497 e. The quantitative estimate of drug-likeness (QED) is 0.177. The standard InChI is InChI=1S/C46H57N5O8S/c1-3-33-28-46(33,45(55)49-60(56,57)36-18-19-36)48-43(53)40-26-35(59-41-27-38(31-15-9-5-10-16-31)47-39-25-34(58-2)17-20-37(39)41)29-51(40)44(54)32(23-30-13-7-4-8-14-30)24-42(52)50-21-11-6-12-22-50/h3,5,9-10,15-17,20,25,27,30,32-33,35-36,40H,1,4,6-8,11-14,18-19,21-24,26,28-29H2,2H3,(H,48,53)(H,49,55)/t32-,33?,35+,40-,46+/m0/s1. The summed E-state index contributed by atoms with van der Waals surface area (Å²) in [6.45, 7) is 5.27. The summed E-state index contributed by atoms with van der Waals surface area (Å²) in [5.41, 5.74) is 0.678. The number of hydrogen-bond acceptors (Lipinski definition) is 9. The number of aromatic nitrogens is 1. The van der Waals surface area contributed by atoms with E-state index in [2.05, 4.69) is 16.6 Å². The smallest absolute Gasteiger partial charge is 0.259 e. The number of hydrogen-bond donors (Lipinski definition) is 2. The van der Waals surface area contributed by atoms with Crippen molar-refractivity contribution in [1.29, 1.82) is 0 Å². The average Bonchev–Trinajstić information content (AvgIpc) is 4.20. The third kappa shape index (κ3) is 9.03. The number of nitrogens with zero attached hydrogens (tertiary/aromatic N) is 3. The first kappa shape index (κ1) is 41.7. The molecular weight excluding hydrogens is 783 g/mol. The van der Waals surface area contributed by atoms with Crippen molar-refractivity contribution in [3.63, 3.8) is 0 Å². The molecule has 60 heavy (non-hydrogen) atoms. The number of rotatable bonds is 15. The fourth-order valence-corrected chi connectivity index (χ4v) is 10.9. The molecule has 4 amide bonds. The van der Waals surface area contributed by atoms with Gasteiger partial charge >= 0.3 is 0 Å². The molecule has 5 atom stereocenters. The Balaban J connectivity index is 1.11. The van der Waals surface area contributed by atoms with Crippen LogP contribution in [0, 0.1) is 17.8 Å². The average molecular weight is 840 g/mol. The Morgan fingerprint density at radius 2 is 1.70 bits per heavy atom. The Kier molecular flexibility index (Phi) is 12.2. The maximum absolute atomic E-state index is 15.1. The monoisotopic (exact) mass is 839 g/mol. The highest BCUT2D eigenvalue weighted by Crippen LogP contribution is 2.46. The number of nitrogens with one attached hydrogen (secondary N) is 2. The maximum atomic E-state index is 15.1. The molecular formula is C46H57N5O8S. The Morgan fingerprint density at radius 1 is 0.967 bits per heavy atom. The Morgan fingerprint density at radius 3 is 2.38 bits per heavy atom. The zero-order valence-corrected chi connectivity index (χ0v) is 35.3. The van der Waals surface area contributed by atoms with Crippen molar-refractivity contribution in [3.8, 4) is 22.8 Å². The van der Waals surface area contributed by atoms with Gasteiger partial charge in [0.1, 0.15) is 29.2 Å². The molecule has 5 aliphatic rings. The molecule has 2 N–H and O–H groups in total. The molecule has 14 heteroatoms. The van der Waals surface area contributed by atoms with E-state index in [0.717, 1.165) is 62.3 Å². The number of amides is 4. The first-order chi connectivity index (χ1) is 29.0. The van der Waals surface area contributed by atoms with Crippen LogP contribution in [0.2, 0.25) is 0 Å². The Bertz CT molecular complexity index is 2220. The van der Waals surface area contributed by atoms with Gasteiger partial charge in [-0.15, -0.1) is 6.58 Å². The minimum absolute atomic E-state index is 0.0386. The second-order valence-electron chi connectivity index (χ2n) is 17.5. The van der Waals surface area contributed by atoms with E-state index in [0.29, 0.717) is 61.0 Å². The topological polar surface area (TPSA) is 164 Å². The van der Waals surface area contributed by atoms with Gasteiger partial charge in [-0.2, -0.15) is 0 Å². The molecule has 0 bridgehead atoms. The predicted molar refractivity (Wildman–Crippen MR) is 227 cm³/mol. The zero-order chi connectivity index (χ0) is 42.0. The second kappa shape index (κ2) is 17.6. The van der Waals surface area contributed by atoms with Crippen LogP contribution in [-0.4, -0.2) is 96.5 Å². The Labute approximate surface area is 352 Å². The van der Waals surface area contributed by atoms with E-state index in [1.54, 1.807) is 18.1 Å². The summed E-state index contributed by atoms with van der Waals surface area (Å²) in [6, 6.07) is 16.1. The van der Waals surface area contributed by atoms with Crippen molar-refractivity contribution in [2.45, 2.75) is 113 Å². The number of likely N-dealkylation sites (tertiary alicyclic amines) is 2. The van der Waals surface area contributed by atoms with Crippen LogP contribution in [0.25, 0.3) is 22.2 Å². The molecule has 2 saturated heterocycles. The van der Waals surface area contributed by atoms with Crippen LogP contribution in [-0.2, 0) is 29.2 Å². The number of ether oxygens (including phenoxy) is 2. The van der Waals surface area contributed by atoms with E-state index in [4.69, 9.17) is 14.5 Å². The summed E-state index contributed by atoms with van der Waals surface area (Å²) < 4.78 is 40.3. The van der Waals surface area contributed by atoms with Crippen LogP contribution in [0.15, 0.2) is 67.3 Å². The van der Waals surface area contributed by atoms with Crippen molar-refractivity contribution >= 4 is 44.6 Å². The van der Waals surface area contributed by atoms with Crippen molar-refractivity contribution in [2.24, 2.45) is 17.8 Å². The van der Waals surface area contributed by atoms with Crippen LogP contribution in [0.1, 0.15) is 89.9 Å². The van der Waals surface area contributed by atoms with Crippen molar-refractivity contribution in [2.75, 3.05) is 26.7 Å². The third-order valence-corrected chi connectivity index (χ3v) is 15.1. The lowest BCUT2D eigenvalue weighted by molar-refractivity contribution is -0.146. The first-order valence-electron chi connectivity index (χ1n) is 21.8. The van der Waals surface area contributed by atoms with E-state index in [9.17, 15) is 22.8 Å². The lowest BCUT2D eigenvalue weighted by Gasteiger charge is -2.33. The molecule has 0 radical (unpaired) electrons. The molecule has 13 nitrogen and oxygen atoms in total. The molecule has 1 unspecified atom stereocenters. The van der Waals surface area contributed by atoms with Gasteiger partial charge in [-0.05, 0) is 63.0 Å². The van der Waals surface area contributed by atoms with Gasteiger partial charge in [-0.3, -0.25) is 23.9 Å². The summed E-state index contributed by atoms with van der Waals surface area (Å²) in [7, 11) is -2.30. The van der Waals surface area contributed by atoms with Crippen LogP contribution in [0.5, 0.6) is 11.5 Å². The first-order valence-corrected chi connectivity index (χ1v) is 23.3. The summed E-state index contributed by atoms with van der Waals surface area (Å²) in [4.78, 5) is 65.7. The normalized spacial score (nSPS) is 25.0. The summed E-state index contributed by atoms with van der Waals surface area (Å²) in [5.74, 6) is -1.39.